The first-order chi connectivity index (χ1) is 11.8. The van der Waals surface area contributed by atoms with Crippen LogP contribution in [0.4, 0.5) is 5.95 Å². The monoisotopic (exact) mass is 334 g/mol. The molecule has 1 N–H and O–H groups in total. The predicted molar refractivity (Wildman–Crippen MR) is 90.1 cm³/mol. The predicted octanol–water partition coefficient (Wildman–Crippen LogP) is 1.52. The molecule has 1 aliphatic heterocycles. The van der Waals surface area contributed by atoms with E-state index in [1.54, 1.807) is 13.3 Å². The molecule has 1 aromatic rings. The largest absolute Gasteiger partial charge is 0.378 e. The van der Waals surface area contributed by atoms with Crippen LogP contribution in [0.15, 0.2) is 6.20 Å². The van der Waals surface area contributed by atoms with E-state index in [2.05, 4.69) is 20.2 Å². The zero-order chi connectivity index (χ0) is 16.8. The third kappa shape index (κ3) is 4.21. The standard InChI is InChI=1S/C17H26N4O3/c1-23-12-15-14(16(22)19-13-5-3-2-4-6-13)11-18-17(20-15)21-7-9-24-10-8-21/h11,13H,2-10,12H2,1H3,(H,19,22). The highest BCUT2D eigenvalue weighted by Crippen LogP contribution is 2.19. The minimum absolute atomic E-state index is 0.0949. The quantitative estimate of drug-likeness (QED) is 0.880. The number of methoxy groups -OCH3 is 1. The summed E-state index contributed by atoms with van der Waals surface area (Å²) >= 11 is 0. The van der Waals surface area contributed by atoms with E-state index in [0.717, 1.165) is 25.9 Å². The van der Waals surface area contributed by atoms with Gasteiger partial charge < -0.3 is 19.7 Å². The van der Waals surface area contributed by atoms with Gasteiger partial charge in [0.15, 0.2) is 0 Å². The first-order valence-electron chi connectivity index (χ1n) is 8.76. The molecule has 0 bridgehead atoms. The van der Waals surface area contributed by atoms with Gasteiger partial charge in [0, 0.05) is 32.4 Å². The molecule has 7 nitrogen and oxygen atoms in total. The van der Waals surface area contributed by atoms with Crippen LogP contribution >= 0.6 is 0 Å². The Labute approximate surface area is 142 Å². The van der Waals surface area contributed by atoms with E-state index in [4.69, 9.17) is 9.47 Å². The van der Waals surface area contributed by atoms with Gasteiger partial charge in [0.25, 0.3) is 5.91 Å². The molecule has 0 atom stereocenters. The summed E-state index contributed by atoms with van der Waals surface area (Å²) in [5, 5.41) is 3.12. The number of amides is 1. The maximum atomic E-state index is 12.6. The fourth-order valence-electron chi connectivity index (χ4n) is 3.27. The van der Waals surface area contributed by atoms with E-state index in [-0.39, 0.29) is 11.9 Å². The highest BCUT2D eigenvalue weighted by molar-refractivity contribution is 5.95. The van der Waals surface area contributed by atoms with Gasteiger partial charge in [-0.15, -0.1) is 0 Å². The molecule has 1 aromatic heterocycles. The molecule has 24 heavy (non-hydrogen) atoms. The molecule has 2 aliphatic rings. The lowest BCUT2D eigenvalue weighted by atomic mass is 9.95. The lowest BCUT2D eigenvalue weighted by Crippen LogP contribution is -2.38. The van der Waals surface area contributed by atoms with Gasteiger partial charge in [-0.05, 0) is 12.8 Å². The van der Waals surface area contributed by atoms with Gasteiger partial charge in [0.05, 0.1) is 31.1 Å². The molecule has 0 aromatic carbocycles. The van der Waals surface area contributed by atoms with Gasteiger partial charge in [0.1, 0.15) is 0 Å². The lowest BCUT2D eigenvalue weighted by molar-refractivity contribution is 0.0921. The Bertz CT molecular complexity index is 555. The van der Waals surface area contributed by atoms with Crippen molar-refractivity contribution in [1.82, 2.24) is 15.3 Å². The van der Waals surface area contributed by atoms with Crippen molar-refractivity contribution in [1.29, 1.82) is 0 Å². The lowest BCUT2D eigenvalue weighted by Gasteiger charge is -2.27. The second kappa shape index (κ2) is 8.39. The number of aromatic nitrogens is 2. The zero-order valence-electron chi connectivity index (χ0n) is 14.3. The molecular weight excluding hydrogens is 308 g/mol. The average molecular weight is 334 g/mol. The normalized spacial score (nSPS) is 19.3. The highest BCUT2D eigenvalue weighted by atomic mass is 16.5. The maximum Gasteiger partial charge on any atom is 0.255 e. The number of nitrogens with zero attached hydrogens (tertiary/aromatic N) is 3. The Morgan fingerprint density at radius 3 is 2.79 bits per heavy atom. The minimum atomic E-state index is -0.0949. The molecule has 1 saturated carbocycles. The van der Waals surface area contributed by atoms with E-state index in [9.17, 15) is 4.79 Å². The number of ether oxygens (including phenoxy) is 2. The van der Waals surface area contributed by atoms with E-state index >= 15 is 0 Å². The number of hydrogen-bond donors (Lipinski definition) is 1. The van der Waals surface area contributed by atoms with E-state index in [1.807, 2.05) is 0 Å². The molecule has 132 valence electrons. The number of nitrogens with one attached hydrogen (secondary N) is 1. The van der Waals surface area contributed by atoms with Gasteiger partial charge in [-0.25, -0.2) is 9.97 Å². The summed E-state index contributed by atoms with van der Waals surface area (Å²) in [4.78, 5) is 23.7. The number of carbonyl (C=O) groups is 1. The summed E-state index contributed by atoms with van der Waals surface area (Å²) in [7, 11) is 1.61. The first kappa shape index (κ1) is 17.1. The minimum Gasteiger partial charge on any atom is -0.378 e. The smallest absolute Gasteiger partial charge is 0.255 e. The Kier molecular flexibility index (Phi) is 5.98. The van der Waals surface area contributed by atoms with Gasteiger partial charge >= 0.3 is 0 Å². The molecule has 0 spiro atoms. The topological polar surface area (TPSA) is 76.6 Å². The van der Waals surface area contributed by atoms with Crippen LogP contribution in [0.3, 0.4) is 0 Å². The number of hydrogen-bond acceptors (Lipinski definition) is 6. The van der Waals surface area contributed by atoms with Crippen molar-refractivity contribution in [3.05, 3.63) is 17.5 Å². The molecule has 2 heterocycles. The highest BCUT2D eigenvalue weighted by Gasteiger charge is 2.22. The van der Waals surface area contributed by atoms with Crippen molar-refractivity contribution in [2.24, 2.45) is 0 Å². The SMILES string of the molecule is COCc1nc(N2CCOCC2)ncc1C(=O)NC1CCCCC1. The molecular formula is C17H26N4O3. The molecule has 1 saturated heterocycles. The summed E-state index contributed by atoms with van der Waals surface area (Å²) in [5.74, 6) is 0.544. The third-order valence-electron chi connectivity index (χ3n) is 4.61. The van der Waals surface area contributed by atoms with Crippen molar-refractivity contribution >= 4 is 11.9 Å². The molecule has 7 heteroatoms. The number of rotatable bonds is 5. The van der Waals surface area contributed by atoms with Crippen LogP contribution in [-0.4, -0.2) is 55.3 Å². The van der Waals surface area contributed by atoms with Crippen LogP contribution in [0, 0.1) is 0 Å². The number of carbonyl (C=O) groups excluding carboxylic acids is 1. The Balaban J connectivity index is 1.74. The fourth-order valence-corrected chi connectivity index (χ4v) is 3.27. The summed E-state index contributed by atoms with van der Waals surface area (Å²) in [6, 6.07) is 0.264. The molecule has 2 fully saturated rings. The molecule has 1 amide bonds. The van der Waals surface area contributed by atoms with Crippen molar-refractivity contribution < 1.29 is 14.3 Å². The maximum absolute atomic E-state index is 12.6. The fraction of sp³-hybridized carbons (Fsp3) is 0.706. The Morgan fingerprint density at radius 2 is 2.08 bits per heavy atom. The van der Waals surface area contributed by atoms with Gasteiger partial charge in [-0.1, -0.05) is 19.3 Å². The van der Waals surface area contributed by atoms with Gasteiger partial charge in [-0.2, -0.15) is 0 Å². The van der Waals surface area contributed by atoms with Crippen molar-refractivity contribution in [3.63, 3.8) is 0 Å². The summed E-state index contributed by atoms with van der Waals surface area (Å²) in [6.45, 7) is 3.17. The molecule has 0 unspecified atom stereocenters. The summed E-state index contributed by atoms with van der Waals surface area (Å²) in [5.41, 5.74) is 1.15. The molecule has 1 aliphatic carbocycles. The third-order valence-corrected chi connectivity index (χ3v) is 4.61. The van der Waals surface area contributed by atoms with Gasteiger partial charge in [-0.3, -0.25) is 4.79 Å². The average Bonchev–Trinajstić information content (AvgIpc) is 2.63. The van der Waals surface area contributed by atoms with Crippen LogP contribution in [0.25, 0.3) is 0 Å². The second-order valence-corrected chi connectivity index (χ2v) is 6.37. The van der Waals surface area contributed by atoms with E-state index in [1.165, 1.54) is 19.3 Å². The summed E-state index contributed by atoms with van der Waals surface area (Å²) < 4.78 is 10.6. The van der Waals surface area contributed by atoms with E-state index in [0.29, 0.717) is 37.0 Å². The second-order valence-electron chi connectivity index (χ2n) is 6.37. The molecule has 0 radical (unpaired) electrons. The van der Waals surface area contributed by atoms with E-state index < -0.39 is 0 Å². The number of morpholine rings is 1. The summed E-state index contributed by atoms with van der Waals surface area (Å²) in [6.07, 6.45) is 7.36. The van der Waals surface area contributed by atoms with Crippen molar-refractivity contribution in [2.45, 2.75) is 44.8 Å². The Hall–Kier alpha value is -1.73. The van der Waals surface area contributed by atoms with Crippen LogP contribution < -0.4 is 10.2 Å². The van der Waals surface area contributed by atoms with Crippen LogP contribution in [0.2, 0.25) is 0 Å². The first-order valence-corrected chi connectivity index (χ1v) is 8.76. The van der Waals surface area contributed by atoms with Crippen LogP contribution in [-0.2, 0) is 16.1 Å². The molecule has 3 rings (SSSR count). The zero-order valence-corrected chi connectivity index (χ0v) is 14.3. The Morgan fingerprint density at radius 1 is 1.33 bits per heavy atom. The van der Waals surface area contributed by atoms with Crippen molar-refractivity contribution in [2.75, 3.05) is 38.3 Å². The van der Waals surface area contributed by atoms with Gasteiger partial charge in [0.2, 0.25) is 5.95 Å². The van der Waals surface area contributed by atoms with Crippen molar-refractivity contribution in [3.8, 4) is 0 Å². The van der Waals surface area contributed by atoms with Crippen LogP contribution in [0.1, 0.15) is 48.2 Å². The van der Waals surface area contributed by atoms with Crippen LogP contribution in [0.5, 0.6) is 0 Å². The number of anilines is 1.